The predicted molar refractivity (Wildman–Crippen MR) is 58.4 cm³/mol. The van der Waals surface area contributed by atoms with Crippen LogP contribution in [-0.4, -0.2) is 66.3 Å². The summed E-state index contributed by atoms with van der Waals surface area (Å²) in [5.74, 6) is -1.65. The highest BCUT2D eigenvalue weighted by Gasteiger charge is 2.15. The Balaban J connectivity index is 3.86. The Kier molecular flexibility index (Phi) is 6.64. The van der Waals surface area contributed by atoms with Gasteiger partial charge in [-0.2, -0.15) is 0 Å². The Hall–Kier alpha value is -1.83. The van der Waals surface area contributed by atoms with E-state index < -0.39 is 18.1 Å². The van der Waals surface area contributed by atoms with Crippen molar-refractivity contribution in [3.05, 3.63) is 0 Å². The summed E-state index contributed by atoms with van der Waals surface area (Å²) in [6.45, 7) is -0.0752. The fourth-order valence-corrected chi connectivity index (χ4v) is 0.941. The maximum Gasteiger partial charge on any atom is 0.332 e. The average Bonchev–Trinajstić information content (AvgIpc) is 2.28. The van der Waals surface area contributed by atoms with E-state index in [0.717, 1.165) is 4.90 Å². The molecular weight excluding hydrogens is 230 g/mol. The van der Waals surface area contributed by atoms with Crippen LogP contribution in [0.15, 0.2) is 0 Å². The third kappa shape index (κ3) is 6.36. The number of rotatable bonds is 6. The summed E-state index contributed by atoms with van der Waals surface area (Å²) in [4.78, 5) is 33.7. The number of urea groups is 1. The molecule has 0 bridgehead atoms. The number of carboxylic acids is 1. The van der Waals surface area contributed by atoms with Crippen LogP contribution >= 0.6 is 0 Å². The minimum atomic E-state index is -1.50. The standard InChI is InChI=1S/C9H17N3O5/c1-10-7(14)5-12(2)9(17)11-4-3-6(13)8(15)16/h6,13H,3-5H2,1-2H3,(H,10,14)(H,11,17)(H,15,16). The third-order valence-corrected chi connectivity index (χ3v) is 1.99. The number of nitrogens with zero attached hydrogens (tertiary/aromatic N) is 1. The number of carbonyl (C=O) groups excluding carboxylic acids is 2. The van der Waals surface area contributed by atoms with Gasteiger partial charge in [0, 0.05) is 27.1 Å². The first kappa shape index (κ1) is 15.2. The molecule has 98 valence electrons. The van der Waals surface area contributed by atoms with Gasteiger partial charge in [-0.05, 0) is 0 Å². The number of carbonyl (C=O) groups is 3. The molecule has 3 amide bonds. The first-order valence-corrected chi connectivity index (χ1v) is 4.99. The number of nitrogens with one attached hydrogen (secondary N) is 2. The molecule has 0 aliphatic heterocycles. The second kappa shape index (κ2) is 7.44. The summed E-state index contributed by atoms with van der Waals surface area (Å²) in [7, 11) is 2.88. The molecule has 4 N–H and O–H groups in total. The lowest BCUT2D eigenvalue weighted by atomic mass is 10.2. The van der Waals surface area contributed by atoms with Gasteiger partial charge in [0.05, 0.1) is 0 Å². The zero-order chi connectivity index (χ0) is 13.4. The van der Waals surface area contributed by atoms with E-state index in [-0.39, 0.29) is 25.4 Å². The first-order chi connectivity index (χ1) is 7.88. The van der Waals surface area contributed by atoms with Crippen LogP contribution in [0.5, 0.6) is 0 Å². The summed E-state index contributed by atoms with van der Waals surface area (Å²) in [6.07, 6.45) is -1.59. The number of likely N-dealkylation sites (N-methyl/N-ethyl adjacent to an activating group) is 2. The lowest BCUT2D eigenvalue weighted by Crippen LogP contribution is -2.43. The van der Waals surface area contributed by atoms with Gasteiger partial charge in [-0.15, -0.1) is 0 Å². The lowest BCUT2D eigenvalue weighted by molar-refractivity contribution is -0.146. The average molecular weight is 247 g/mol. The molecular formula is C9H17N3O5. The van der Waals surface area contributed by atoms with Crippen LogP contribution in [-0.2, 0) is 9.59 Å². The largest absolute Gasteiger partial charge is 0.479 e. The lowest BCUT2D eigenvalue weighted by Gasteiger charge is -2.17. The van der Waals surface area contributed by atoms with E-state index in [2.05, 4.69) is 10.6 Å². The van der Waals surface area contributed by atoms with Crippen LogP contribution in [0.1, 0.15) is 6.42 Å². The van der Waals surface area contributed by atoms with Crippen molar-refractivity contribution < 1.29 is 24.6 Å². The topological polar surface area (TPSA) is 119 Å². The normalized spacial score (nSPS) is 11.5. The Morgan fingerprint density at radius 2 is 1.94 bits per heavy atom. The quantitative estimate of drug-likeness (QED) is 0.442. The van der Waals surface area contributed by atoms with E-state index in [1.165, 1.54) is 14.1 Å². The van der Waals surface area contributed by atoms with Crippen molar-refractivity contribution in [1.29, 1.82) is 0 Å². The summed E-state index contributed by atoms with van der Waals surface area (Å²) in [5, 5.41) is 22.1. The summed E-state index contributed by atoms with van der Waals surface area (Å²) < 4.78 is 0. The maximum absolute atomic E-state index is 11.4. The van der Waals surface area contributed by atoms with Crippen molar-refractivity contribution in [3.8, 4) is 0 Å². The number of carboxylic acid groups (broad SMARTS) is 1. The van der Waals surface area contributed by atoms with Crippen LogP contribution < -0.4 is 10.6 Å². The van der Waals surface area contributed by atoms with Crippen LogP contribution in [0.4, 0.5) is 4.79 Å². The van der Waals surface area contributed by atoms with Gasteiger partial charge in [0.25, 0.3) is 0 Å². The third-order valence-electron chi connectivity index (χ3n) is 1.99. The second-order valence-electron chi connectivity index (χ2n) is 3.40. The van der Waals surface area contributed by atoms with E-state index in [1.54, 1.807) is 0 Å². The number of amides is 3. The Labute approximate surface area is 98.6 Å². The molecule has 0 saturated heterocycles. The van der Waals surface area contributed by atoms with Crippen molar-refractivity contribution in [2.45, 2.75) is 12.5 Å². The highest BCUT2D eigenvalue weighted by Crippen LogP contribution is 1.91. The molecule has 0 saturated carbocycles. The van der Waals surface area contributed by atoms with E-state index in [4.69, 9.17) is 10.2 Å². The summed E-state index contributed by atoms with van der Waals surface area (Å²) in [5.41, 5.74) is 0. The molecule has 0 rings (SSSR count). The minimum Gasteiger partial charge on any atom is -0.479 e. The molecule has 8 nitrogen and oxygen atoms in total. The molecule has 0 aromatic rings. The van der Waals surface area contributed by atoms with Crippen LogP contribution in [0.3, 0.4) is 0 Å². The van der Waals surface area contributed by atoms with Crippen molar-refractivity contribution in [2.24, 2.45) is 0 Å². The molecule has 0 radical (unpaired) electrons. The number of hydrogen-bond donors (Lipinski definition) is 4. The number of aliphatic hydroxyl groups excluding tert-OH is 1. The first-order valence-electron chi connectivity index (χ1n) is 4.99. The van der Waals surface area contributed by atoms with E-state index >= 15 is 0 Å². The fourth-order valence-electron chi connectivity index (χ4n) is 0.941. The van der Waals surface area contributed by atoms with E-state index in [9.17, 15) is 14.4 Å². The monoisotopic (exact) mass is 247 g/mol. The maximum atomic E-state index is 11.4. The van der Waals surface area contributed by atoms with Crippen molar-refractivity contribution in [1.82, 2.24) is 15.5 Å². The van der Waals surface area contributed by atoms with E-state index in [1.807, 2.05) is 0 Å². The number of aliphatic hydroxyl groups is 1. The molecule has 8 heteroatoms. The molecule has 0 spiro atoms. The van der Waals surface area contributed by atoms with Crippen LogP contribution in [0.25, 0.3) is 0 Å². The van der Waals surface area contributed by atoms with Crippen molar-refractivity contribution in [2.75, 3.05) is 27.2 Å². The fraction of sp³-hybridized carbons (Fsp3) is 0.667. The van der Waals surface area contributed by atoms with Crippen LogP contribution in [0, 0.1) is 0 Å². The molecule has 0 heterocycles. The molecule has 0 aromatic heterocycles. The Bertz CT molecular complexity index is 294. The molecule has 0 aliphatic rings. The minimum absolute atomic E-state index is 0.0182. The highest BCUT2D eigenvalue weighted by atomic mass is 16.4. The second-order valence-corrected chi connectivity index (χ2v) is 3.40. The summed E-state index contributed by atoms with van der Waals surface area (Å²) >= 11 is 0. The zero-order valence-electron chi connectivity index (χ0n) is 9.77. The molecule has 0 aromatic carbocycles. The smallest absolute Gasteiger partial charge is 0.332 e. The van der Waals surface area contributed by atoms with Gasteiger partial charge in [-0.25, -0.2) is 9.59 Å². The predicted octanol–water partition coefficient (Wildman–Crippen LogP) is -1.79. The molecule has 17 heavy (non-hydrogen) atoms. The summed E-state index contributed by atoms with van der Waals surface area (Å²) in [6, 6.07) is -0.508. The molecule has 1 unspecified atom stereocenters. The Morgan fingerprint density at radius 1 is 1.35 bits per heavy atom. The van der Waals surface area contributed by atoms with Gasteiger partial charge in [-0.3, -0.25) is 4.79 Å². The van der Waals surface area contributed by atoms with Crippen molar-refractivity contribution >= 4 is 17.9 Å². The van der Waals surface area contributed by atoms with Gasteiger partial charge in [0.2, 0.25) is 5.91 Å². The van der Waals surface area contributed by atoms with Gasteiger partial charge in [0.15, 0.2) is 6.10 Å². The van der Waals surface area contributed by atoms with Gasteiger partial charge in [0.1, 0.15) is 6.54 Å². The van der Waals surface area contributed by atoms with Gasteiger partial charge >= 0.3 is 12.0 Å². The molecule has 1 atom stereocenters. The van der Waals surface area contributed by atoms with Gasteiger partial charge in [-0.1, -0.05) is 0 Å². The highest BCUT2D eigenvalue weighted by molar-refractivity contribution is 5.83. The molecule has 0 aliphatic carbocycles. The number of hydrogen-bond acceptors (Lipinski definition) is 4. The van der Waals surface area contributed by atoms with Gasteiger partial charge < -0.3 is 25.7 Å². The molecule has 0 fully saturated rings. The van der Waals surface area contributed by atoms with Crippen LogP contribution in [0.2, 0.25) is 0 Å². The number of aliphatic carboxylic acids is 1. The van der Waals surface area contributed by atoms with Crippen molar-refractivity contribution in [3.63, 3.8) is 0 Å². The van der Waals surface area contributed by atoms with E-state index in [0.29, 0.717) is 0 Å². The Morgan fingerprint density at radius 3 is 2.41 bits per heavy atom. The zero-order valence-corrected chi connectivity index (χ0v) is 9.77. The SMILES string of the molecule is CNC(=O)CN(C)C(=O)NCCC(O)C(=O)O.